The molecule has 0 atom stereocenters. The molecule has 0 radical (unpaired) electrons. The van der Waals surface area contributed by atoms with Gasteiger partial charge in [-0.15, -0.1) is 0 Å². The van der Waals surface area contributed by atoms with Crippen molar-refractivity contribution in [2.75, 3.05) is 23.8 Å². The van der Waals surface area contributed by atoms with Crippen LogP contribution in [0.15, 0.2) is 0 Å². The third-order valence-corrected chi connectivity index (χ3v) is 3.58. The minimum Gasteiger partial charge on any atom is -0.396 e. The lowest BCUT2D eigenvalue weighted by Gasteiger charge is -2.39. The van der Waals surface area contributed by atoms with Crippen molar-refractivity contribution in [1.29, 1.82) is 0 Å². The van der Waals surface area contributed by atoms with Gasteiger partial charge in [-0.25, -0.2) is 0 Å². The topological polar surface area (TPSA) is 67.3 Å². The Morgan fingerprint density at radius 1 is 1.53 bits per heavy atom. The Hall–Kier alpha value is -1.23. The zero-order valence-corrected chi connectivity index (χ0v) is 10.7. The van der Waals surface area contributed by atoms with Gasteiger partial charge in [0, 0.05) is 26.2 Å². The van der Waals surface area contributed by atoms with E-state index in [0.717, 1.165) is 30.2 Å². The average Bonchev–Trinajstić information content (AvgIpc) is 2.46. The van der Waals surface area contributed by atoms with Crippen molar-refractivity contribution in [2.24, 2.45) is 7.05 Å². The lowest BCUT2D eigenvalue weighted by molar-refractivity contribution is 0.282. The molecule has 5 nitrogen and oxygen atoms in total. The number of aliphatic hydroxyl groups excluding tert-OH is 1. The standard InChI is InChI=1S/C12H22N4O/c1-9-11(13)12(15(2)14-9)16(7-4-8-17)10-5-3-6-10/h10,17H,3-8,13H2,1-2H3. The summed E-state index contributed by atoms with van der Waals surface area (Å²) in [7, 11) is 1.93. The lowest BCUT2D eigenvalue weighted by atomic mass is 9.91. The van der Waals surface area contributed by atoms with Gasteiger partial charge in [-0.2, -0.15) is 5.10 Å². The number of hydrogen-bond acceptors (Lipinski definition) is 4. The fourth-order valence-electron chi connectivity index (χ4n) is 2.40. The van der Waals surface area contributed by atoms with E-state index in [-0.39, 0.29) is 6.61 Å². The van der Waals surface area contributed by atoms with Gasteiger partial charge in [0.1, 0.15) is 0 Å². The summed E-state index contributed by atoms with van der Waals surface area (Å²) in [5.74, 6) is 1.01. The molecule has 0 saturated heterocycles. The van der Waals surface area contributed by atoms with Crippen LogP contribution in [0.3, 0.4) is 0 Å². The largest absolute Gasteiger partial charge is 0.396 e. The molecule has 0 bridgehead atoms. The SMILES string of the molecule is Cc1nn(C)c(N(CCCO)C2CCC2)c1N. The molecular formula is C12H22N4O. The highest BCUT2D eigenvalue weighted by molar-refractivity contribution is 5.66. The summed E-state index contributed by atoms with van der Waals surface area (Å²) in [5, 5.41) is 13.4. The molecule has 96 valence electrons. The minimum atomic E-state index is 0.222. The molecule has 0 unspecified atom stereocenters. The molecule has 1 heterocycles. The number of aryl methyl sites for hydroxylation is 2. The first kappa shape index (κ1) is 12.2. The van der Waals surface area contributed by atoms with Gasteiger partial charge in [-0.3, -0.25) is 4.68 Å². The molecule has 1 saturated carbocycles. The molecule has 0 amide bonds. The van der Waals surface area contributed by atoms with E-state index < -0.39 is 0 Å². The quantitative estimate of drug-likeness (QED) is 0.804. The Labute approximate surface area is 102 Å². The second kappa shape index (κ2) is 4.96. The Kier molecular flexibility index (Phi) is 3.57. The van der Waals surface area contributed by atoms with E-state index in [9.17, 15) is 0 Å². The van der Waals surface area contributed by atoms with Crippen LogP contribution in [0.4, 0.5) is 11.5 Å². The van der Waals surface area contributed by atoms with Crippen LogP contribution in [0.2, 0.25) is 0 Å². The number of nitrogens with two attached hydrogens (primary N) is 1. The summed E-state index contributed by atoms with van der Waals surface area (Å²) < 4.78 is 1.86. The Bertz CT molecular complexity index is 384. The van der Waals surface area contributed by atoms with Gasteiger partial charge in [-0.1, -0.05) is 0 Å². The molecule has 0 aliphatic heterocycles. The van der Waals surface area contributed by atoms with Crippen LogP contribution in [0, 0.1) is 6.92 Å². The van der Waals surface area contributed by atoms with E-state index in [4.69, 9.17) is 10.8 Å². The zero-order valence-electron chi connectivity index (χ0n) is 10.7. The number of hydrogen-bond donors (Lipinski definition) is 2. The second-order valence-electron chi connectivity index (χ2n) is 4.80. The van der Waals surface area contributed by atoms with Crippen molar-refractivity contribution in [2.45, 2.75) is 38.6 Å². The Morgan fingerprint density at radius 2 is 2.24 bits per heavy atom. The molecule has 0 spiro atoms. The van der Waals surface area contributed by atoms with Crippen LogP contribution < -0.4 is 10.6 Å². The fraction of sp³-hybridized carbons (Fsp3) is 0.750. The molecule has 0 aromatic carbocycles. The van der Waals surface area contributed by atoms with Crippen molar-refractivity contribution in [3.63, 3.8) is 0 Å². The first-order chi connectivity index (χ1) is 8.15. The van der Waals surface area contributed by atoms with Gasteiger partial charge < -0.3 is 15.7 Å². The van der Waals surface area contributed by atoms with E-state index in [1.54, 1.807) is 0 Å². The van der Waals surface area contributed by atoms with Gasteiger partial charge in [0.05, 0.1) is 11.4 Å². The fourth-order valence-corrected chi connectivity index (χ4v) is 2.40. The summed E-state index contributed by atoms with van der Waals surface area (Å²) in [5.41, 5.74) is 7.77. The molecular weight excluding hydrogens is 216 g/mol. The van der Waals surface area contributed by atoms with E-state index >= 15 is 0 Å². The maximum Gasteiger partial charge on any atom is 0.150 e. The number of nitrogen functional groups attached to an aromatic ring is 1. The van der Waals surface area contributed by atoms with Crippen LogP contribution in [0.5, 0.6) is 0 Å². The zero-order chi connectivity index (χ0) is 12.4. The second-order valence-corrected chi connectivity index (χ2v) is 4.80. The van der Waals surface area contributed by atoms with E-state index in [1.807, 2.05) is 18.7 Å². The van der Waals surface area contributed by atoms with E-state index in [0.29, 0.717) is 6.04 Å². The molecule has 1 aromatic rings. The Balaban J connectivity index is 2.23. The van der Waals surface area contributed by atoms with Crippen LogP contribution in [0.1, 0.15) is 31.4 Å². The highest BCUT2D eigenvalue weighted by atomic mass is 16.3. The third kappa shape index (κ3) is 2.24. The van der Waals surface area contributed by atoms with Crippen molar-refractivity contribution < 1.29 is 5.11 Å². The predicted molar refractivity (Wildman–Crippen MR) is 69.0 cm³/mol. The maximum atomic E-state index is 9.00. The maximum absolute atomic E-state index is 9.00. The number of aromatic nitrogens is 2. The molecule has 1 aliphatic rings. The molecule has 5 heteroatoms. The third-order valence-electron chi connectivity index (χ3n) is 3.58. The highest BCUT2D eigenvalue weighted by Gasteiger charge is 2.28. The lowest BCUT2D eigenvalue weighted by Crippen LogP contribution is -2.42. The van der Waals surface area contributed by atoms with Crippen molar-refractivity contribution >= 4 is 11.5 Å². The van der Waals surface area contributed by atoms with Gasteiger partial charge in [0.15, 0.2) is 5.82 Å². The van der Waals surface area contributed by atoms with Crippen LogP contribution in [0.25, 0.3) is 0 Å². The van der Waals surface area contributed by atoms with E-state index in [1.165, 1.54) is 19.3 Å². The first-order valence-electron chi connectivity index (χ1n) is 6.31. The number of nitrogens with zero attached hydrogens (tertiary/aromatic N) is 3. The highest BCUT2D eigenvalue weighted by Crippen LogP contribution is 2.33. The minimum absolute atomic E-state index is 0.222. The number of rotatable bonds is 5. The van der Waals surface area contributed by atoms with Crippen molar-refractivity contribution in [1.82, 2.24) is 9.78 Å². The van der Waals surface area contributed by atoms with Crippen LogP contribution in [-0.4, -0.2) is 34.1 Å². The molecule has 2 rings (SSSR count). The molecule has 17 heavy (non-hydrogen) atoms. The van der Waals surface area contributed by atoms with Crippen molar-refractivity contribution in [3.8, 4) is 0 Å². The van der Waals surface area contributed by atoms with Crippen LogP contribution >= 0.6 is 0 Å². The molecule has 3 N–H and O–H groups in total. The summed E-state index contributed by atoms with van der Waals surface area (Å²) in [4.78, 5) is 2.31. The summed E-state index contributed by atoms with van der Waals surface area (Å²) in [6, 6.07) is 0.568. The molecule has 1 aromatic heterocycles. The van der Waals surface area contributed by atoms with Gasteiger partial charge in [0.25, 0.3) is 0 Å². The number of aliphatic hydroxyl groups is 1. The first-order valence-corrected chi connectivity index (χ1v) is 6.31. The Morgan fingerprint density at radius 3 is 2.65 bits per heavy atom. The summed E-state index contributed by atoms with van der Waals surface area (Å²) >= 11 is 0. The van der Waals surface area contributed by atoms with Gasteiger partial charge >= 0.3 is 0 Å². The van der Waals surface area contributed by atoms with Crippen LogP contribution in [-0.2, 0) is 7.05 Å². The average molecular weight is 238 g/mol. The van der Waals surface area contributed by atoms with Gasteiger partial charge in [-0.05, 0) is 32.6 Å². The van der Waals surface area contributed by atoms with Crippen molar-refractivity contribution in [3.05, 3.63) is 5.69 Å². The normalized spacial score (nSPS) is 15.9. The smallest absolute Gasteiger partial charge is 0.150 e. The summed E-state index contributed by atoms with van der Waals surface area (Å²) in [6.07, 6.45) is 4.50. The monoisotopic (exact) mass is 238 g/mol. The summed E-state index contributed by atoms with van der Waals surface area (Å²) in [6.45, 7) is 3.01. The molecule has 1 aliphatic carbocycles. The number of anilines is 2. The van der Waals surface area contributed by atoms with E-state index in [2.05, 4.69) is 10.00 Å². The predicted octanol–water partition coefficient (Wildman–Crippen LogP) is 1.05. The van der Waals surface area contributed by atoms with Gasteiger partial charge in [0.2, 0.25) is 0 Å². The molecule has 1 fully saturated rings.